The first-order valence-corrected chi connectivity index (χ1v) is 11.0. The quantitative estimate of drug-likeness (QED) is 0.485. The van der Waals surface area contributed by atoms with Gasteiger partial charge in [0.2, 0.25) is 5.91 Å². The van der Waals surface area contributed by atoms with Crippen molar-refractivity contribution in [3.63, 3.8) is 0 Å². The molecule has 1 amide bonds. The summed E-state index contributed by atoms with van der Waals surface area (Å²) >= 11 is 12.2. The number of aryl methyl sites for hydroxylation is 2. The highest BCUT2D eigenvalue weighted by molar-refractivity contribution is 6.34. The minimum Gasteiger partial charge on any atom is -0.336 e. The van der Waals surface area contributed by atoms with E-state index in [0.29, 0.717) is 16.6 Å². The molecule has 0 saturated heterocycles. The van der Waals surface area contributed by atoms with Gasteiger partial charge in [-0.25, -0.2) is 4.98 Å². The molecule has 0 saturated carbocycles. The molecule has 4 rings (SSSR count). The van der Waals surface area contributed by atoms with Gasteiger partial charge < -0.3 is 9.47 Å². The number of carbonyl (C=O) groups is 1. The molecule has 30 heavy (non-hydrogen) atoms. The molecule has 1 aliphatic heterocycles. The van der Waals surface area contributed by atoms with Crippen LogP contribution in [0.15, 0.2) is 48.7 Å². The van der Waals surface area contributed by atoms with Crippen molar-refractivity contribution in [3.05, 3.63) is 75.7 Å². The van der Waals surface area contributed by atoms with Gasteiger partial charge in [0.15, 0.2) is 0 Å². The van der Waals surface area contributed by atoms with Crippen LogP contribution in [0.25, 0.3) is 11.3 Å². The first kappa shape index (κ1) is 21.0. The third kappa shape index (κ3) is 4.71. The van der Waals surface area contributed by atoms with Crippen molar-refractivity contribution in [2.45, 2.75) is 52.2 Å². The average molecular weight is 442 g/mol. The molecule has 2 heterocycles. The summed E-state index contributed by atoms with van der Waals surface area (Å²) in [6, 6.07) is 13.7. The van der Waals surface area contributed by atoms with Gasteiger partial charge in [0.25, 0.3) is 0 Å². The van der Waals surface area contributed by atoms with E-state index in [1.54, 1.807) is 18.2 Å². The Morgan fingerprint density at radius 2 is 1.90 bits per heavy atom. The largest absolute Gasteiger partial charge is 0.336 e. The summed E-state index contributed by atoms with van der Waals surface area (Å²) in [6.07, 6.45) is 4.62. The van der Waals surface area contributed by atoms with Crippen LogP contribution in [-0.4, -0.2) is 26.4 Å². The Balaban J connectivity index is 1.52. The Hall–Kier alpha value is -2.30. The number of benzene rings is 2. The van der Waals surface area contributed by atoms with E-state index >= 15 is 0 Å². The first-order chi connectivity index (χ1) is 14.4. The number of hydrogen-bond donors (Lipinski definition) is 0. The highest BCUT2D eigenvalue weighted by Crippen LogP contribution is 2.25. The van der Waals surface area contributed by atoms with Crippen LogP contribution in [0.4, 0.5) is 0 Å². The molecular formula is C24H25Cl2N3O. The van der Waals surface area contributed by atoms with Crippen LogP contribution in [0.1, 0.15) is 37.2 Å². The summed E-state index contributed by atoms with van der Waals surface area (Å²) in [5, 5.41) is 1.09. The number of nitrogens with zero attached hydrogens (tertiary/aromatic N) is 3. The fourth-order valence-corrected chi connectivity index (χ4v) is 4.54. The minimum atomic E-state index is 0.0507. The van der Waals surface area contributed by atoms with E-state index in [9.17, 15) is 4.79 Å². The van der Waals surface area contributed by atoms with E-state index in [1.807, 2.05) is 24.8 Å². The smallest absolute Gasteiger partial charge is 0.227 e. The van der Waals surface area contributed by atoms with Crippen LogP contribution in [0.2, 0.25) is 10.0 Å². The Morgan fingerprint density at radius 1 is 1.13 bits per heavy atom. The second-order valence-electron chi connectivity index (χ2n) is 8.11. The number of aromatic nitrogens is 2. The lowest BCUT2D eigenvalue weighted by Gasteiger charge is -2.27. The first-order valence-electron chi connectivity index (χ1n) is 10.3. The lowest BCUT2D eigenvalue weighted by molar-refractivity contribution is -0.132. The normalized spacial score (nSPS) is 13.0. The Kier molecular flexibility index (Phi) is 6.16. The van der Waals surface area contributed by atoms with Crippen LogP contribution in [0.3, 0.4) is 0 Å². The predicted octanol–water partition coefficient (Wildman–Crippen LogP) is 5.78. The molecule has 1 aromatic heterocycles. The van der Waals surface area contributed by atoms with E-state index in [-0.39, 0.29) is 18.4 Å². The maximum atomic E-state index is 13.1. The highest BCUT2D eigenvalue weighted by Gasteiger charge is 2.19. The summed E-state index contributed by atoms with van der Waals surface area (Å²) in [5.41, 5.74) is 4.01. The number of imidazole rings is 1. The van der Waals surface area contributed by atoms with Gasteiger partial charge in [-0.05, 0) is 55.7 Å². The van der Waals surface area contributed by atoms with E-state index in [0.717, 1.165) is 41.2 Å². The van der Waals surface area contributed by atoms with Crippen LogP contribution < -0.4 is 0 Å². The van der Waals surface area contributed by atoms with Gasteiger partial charge in [-0.1, -0.05) is 41.4 Å². The summed E-state index contributed by atoms with van der Waals surface area (Å²) in [7, 11) is 0. The summed E-state index contributed by atoms with van der Waals surface area (Å²) in [5.74, 6) is 1.21. The fraction of sp³-hybridized carbons (Fsp3) is 0.333. The number of rotatable bonds is 6. The second-order valence-corrected chi connectivity index (χ2v) is 8.98. The van der Waals surface area contributed by atoms with Crippen molar-refractivity contribution in [3.8, 4) is 11.3 Å². The van der Waals surface area contributed by atoms with Gasteiger partial charge >= 0.3 is 0 Å². The lowest BCUT2D eigenvalue weighted by atomic mass is 10.1. The molecule has 2 aromatic carbocycles. The predicted molar refractivity (Wildman–Crippen MR) is 122 cm³/mol. The zero-order valence-corrected chi connectivity index (χ0v) is 18.7. The van der Waals surface area contributed by atoms with Gasteiger partial charge in [0.1, 0.15) is 5.82 Å². The van der Waals surface area contributed by atoms with Gasteiger partial charge in [-0.15, -0.1) is 0 Å². The number of fused-ring (bicyclic) bond motifs is 1. The summed E-state index contributed by atoms with van der Waals surface area (Å²) in [4.78, 5) is 19.7. The standard InChI is InChI=1S/C24H25Cl2N3O/c1-16(2)29(24(30)12-18-10-20(25)13-21(26)11-18)14-17-5-3-6-19(9-17)22-15-28-8-4-7-23(28)27-22/h3,5-6,9-11,13,15-16H,4,7-8,12,14H2,1-2H3. The molecule has 0 radical (unpaired) electrons. The molecule has 6 heteroatoms. The molecule has 0 N–H and O–H groups in total. The molecule has 156 valence electrons. The molecule has 0 aliphatic carbocycles. The monoisotopic (exact) mass is 441 g/mol. The molecule has 0 fully saturated rings. The third-order valence-corrected chi connectivity index (χ3v) is 5.89. The maximum absolute atomic E-state index is 13.1. The van der Waals surface area contributed by atoms with E-state index in [4.69, 9.17) is 28.2 Å². The van der Waals surface area contributed by atoms with Crippen LogP contribution in [0, 0.1) is 0 Å². The Bertz CT molecular complexity index is 1030. The van der Waals surface area contributed by atoms with Crippen molar-refractivity contribution in [1.29, 1.82) is 0 Å². The van der Waals surface area contributed by atoms with Gasteiger partial charge in [0.05, 0.1) is 12.1 Å². The molecular weight excluding hydrogens is 417 g/mol. The minimum absolute atomic E-state index is 0.0507. The van der Waals surface area contributed by atoms with E-state index in [1.165, 1.54) is 6.42 Å². The molecule has 0 spiro atoms. The fourth-order valence-electron chi connectivity index (χ4n) is 3.97. The van der Waals surface area contributed by atoms with Crippen molar-refractivity contribution in [2.75, 3.05) is 0 Å². The molecule has 3 aromatic rings. The zero-order chi connectivity index (χ0) is 21.3. The van der Waals surface area contributed by atoms with E-state index < -0.39 is 0 Å². The second kappa shape index (κ2) is 8.83. The molecule has 1 aliphatic rings. The average Bonchev–Trinajstić information content (AvgIpc) is 3.27. The SMILES string of the molecule is CC(C)N(Cc1cccc(-c2cn3c(n2)CCC3)c1)C(=O)Cc1cc(Cl)cc(Cl)c1. The van der Waals surface area contributed by atoms with Crippen molar-refractivity contribution in [1.82, 2.24) is 14.5 Å². The topological polar surface area (TPSA) is 38.1 Å². The lowest BCUT2D eigenvalue weighted by Crippen LogP contribution is -2.37. The van der Waals surface area contributed by atoms with Gasteiger partial charge in [0, 0.05) is 47.4 Å². The van der Waals surface area contributed by atoms with Crippen molar-refractivity contribution < 1.29 is 4.79 Å². The van der Waals surface area contributed by atoms with Crippen LogP contribution in [0.5, 0.6) is 0 Å². The van der Waals surface area contributed by atoms with Gasteiger partial charge in [-0.3, -0.25) is 4.79 Å². The number of halogens is 2. The molecule has 0 atom stereocenters. The van der Waals surface area contributed by atoms with Crippen molar-refractivity contribution >= 4 is 29.1 Å². The summed E-state index contributed by atoms with van der Waals surface area (Å²) < 4.78 is 2.24. The Labute approximate surface area is 187 Å². The van der Waals surface area contributed by atoms with Crippen LogP contribution in [-0.2, 0) is 30.7 Å². The number of carbonyl (C=O) groups excluding carboxylic acids is 1. The molecule has 0 bridgehead atoms. The van der Waals surface area contributed by atoms with E-state index in [2.05, 4.69) is 29.0 Å². The third-order valence-electron chi connectivity index (χ3n) is 5.46. The number of amides is 1. The zero-order valence-electron chi connectivity index (χ0n) is 17.2. The molecule has 0 unspecified atom stereocenters. The maximum Gasteiger partial charge on any atom is 0.227 e. The Morgan fingerprint density at radius 3 is 2.60 bits per heavy atom. The highest BCUT2D eigenvalue weighted by atomic mass is 35.5. The molecule has 4 nitrogen and oxygen atoms in total. The van der Waals surface area contributed by atoms with Crippen molar-refractivity contribution in [2.24, 2.45) is 0 Å². The number of hydrogen-bond acceptors (Lipinski definition) is 2. The summed E-state index contributed by atoms with van der Waals surface area (Å²) in [6.45, 7) is 5.66. The van der Waals surface area contributed by atoms with Crippen LogP contribution >= 0.6 is 23.2 Å². The van der Waals surface area contributed by atoms with Gasteiger partial charge in [-0.2, -0.15) is 0 Å².